The van der Waals surface area contributed by atoms with Crippen LogP contribution in [-0.2, 0) is 52.8 Å². The average molecular weight is 494 g/mol. The van der Waals surface area contributed by atoms with Crippen LogP contribution in [0.25, 0.3) is 0 Å². The Kier molecular flexibility index (Phi) is 7.58. The summed E-state index contributed by atoms with van der Waals surface area (Å²) in [4.78, 5) is 0. The Bertz CT molecular complexity index is 829. The third-order valence-electron chi connectivity index (χ3n) is 5.22. The molecule has 0 aromatic heterocycles. The van der Waals surface area contributed by atoms with E-state index in [0.29, 0.717) is 0 Å². The molecule has 0 spiro atoms. The molecule has 3 aliphatic rings. The van der Waals surface area contributed by atoms with Crippen molar-refractivity contribution in [3.8, 4) is 0 Å². The summed E-state index contributed by atoms with van der Waals surface area (Å²) in [5.41, 5.74) is 0. The van der Waals surface area contributed by atoms with Crippen molar-refractivity contribution < 1.29 is 68.2 Å². The van der Waals surface area contributed by atoms with Gasteiger partial charge in [-0.3, -0.25) is 8.37 Å². The fraction of sp³-hybridized carbons (Fsp3) is 1.00. The largest absolute Gasteiger partial charge is 0.726 e. The van der Waals surface area contributed by atoms with Crippen molar-refractivity contribution in [3.05, 3.63) is 0 Å². The van der Waals surface area contributed by atoms with Crippen LogP contribution in [0.3, 0.4) is 0 Å². The molecule has 0 aromatic rings. The third-order valence-corrected chi connectivity index (χ3v) is 6.13. The molecule has 0 saturated carbocycles. The molecule has 3 fully saturated rings. The van der Waals surface area contributed by atoms with E-state index in [1.165, 1.54) is 14.0 Å². The first-order valence-electron chi connectivity index (χ1n) is 9.02. The lowest BCUT2D eigenvalue weighted by Crippen LogP contribution is -2.61. The van der Waals surface area contributed by atoms with Crippen LogP contribution in [0, 0.1) is 5.92 Å². The van der Waals surface area contributed by atoms with Gasteiger partial charge in [-0.05, 0) is 0 Å². The Morgan fingerprint density at radius 2 is 1.61 bits per heavy atom. The van der Waals surface area contributed by atoms with E-state index in [0.717, 1.165) is 0 Å². The summed E-state index contributed by atoms with van der Waals surface area (Å²) in [7, 11) is -9.13. The van der Waals surface area contributed by atoms with Gasteiger partial charge in [0.05, 0.1) is 13.2 Å². The highest BCUT2D eigenvalue weighted by Crippen LogP contribution is 2.37. The van der Waals surface area contributed by atoms with Crippen molar-refractivity contribution >= 4 is 20.8 Å². The van der Waals surface area contributed by atoms with Crippen LogP contribution in [0.4, 0.5) is 0 Å². The fourth-order valence-electron chi connectivity index (χ4n) is 3.81. The average Bonchev–Trinajstić information content (AvgIpc) is 2.95. The molecule has 3 saturated heterocycles. The number of rotatable bonds is 8. The number of aliphatic hydroxyl groups is 2. The maximum atomic E-state index is 11.1. The molecule has 4 unspecified atom stereocenters. The zero-order valence-electron chi connectivity index (χ0n) is 16.2. The summed E-state index contributed by atoms with van der Waals surface area (Å²) in [6.45, 7) is 0.491. The molecular formula is C14H22O15S2-2. The summed E-state index contributed by atoms with van der Waals surface area (Å²) in [5, 5.41) is 20.0. The predicted octanol–water partition coefficient (Wildman–Crippen LogP) is -3.45. The molecule has 0 aliphatic carbocycles. The molecule has 182 valence electrons. The van der Waals surface area contributed by atoms with Crippen LogP contribution in [0.2, 0.25) is 0 Å². The highest BCUT2D eigenvalue weighted by molar-refractivity contribution is 7.81. The SMILES string of the molecule is CO[C@H]1OC2CO[C@@H](C1OS(=O)(=O)[O-])[C@H]2O[C@@H]1OC(CO)[C@H](OS(=O)(=O)[O-])C(C)[C@@H]1O. The van der Waals surface area contributed by atoms with Gasteiger partial charge in [0.15, 0.2) is 18.7 Å². The quantitative estimate of drug-likeness (QED) is 0.247. The lowest BCUT2D eigenvalue weighted by molar-refractivity contribution is -0.328. The minimum atomic E-state index is -5.17. The molecular weight excluding hydrogens is 472 g/mol. The van der Waals surface area contributed by atoms with Crippen LogP contribution < -0.4 is 0 Å². The Balaban J connectivity index is 1.77. The molecule has 2 N–H and O–H groups in total. The summed E-state index contributed by atoms with van der Waals surface area (Å²) in [5.74, 6) is -1.04. The molecule has 10 atom stereocenters. The number of hydrogen-bond donors (Lipinski definition) is 2. The van der Waals surface area contributed by atoms with Gasteiger partial charge in [-0.15, -0.1) is 0 Å². The summed E-state index contributed by atoms with van der Waals surface area (Å²) < 4.78 is 102. The number of hydrogen-bond acceptors (Lipinski definition) is 15. The van der Waals surface area contributed by atoms with Crippen LogP contribution in [-0.4, -0.2) is 112 Å². The Morgan fingerprint density at radius 3 is 2.16 bits per heavy atom. The molecule has 0 amide bonds. The van der Waals surface area contributed by atoms with Gasteiger partial charge >= 0.3 is 0 Å². The molecule has 15 nitrogen and oxygen atoms in total. The summed E-state index contributed by atoms with van der Waals surface area (Å²) in [6.07, 6.45) is -11.7. The zero-order chi connectivity index (χ0) is 23.1. The number of ether oxygens (including phenoxy) is 5. The first-order valence-corrected chi connectivity index (χ1v) is 11.7. The minimum absolute atomic E-state index is 0.0874. The summed E-state index contributed by atoms with van der Waals surface area (Å²) >= 11 is 0. The van der Waals surface area contributed by atoms with E-state index in [1.54, 1.807) is 0 Å². The van der Waals surface area contributed by atoms with E-state index in [4.69, 9.17) is 23.7 Å². The second kappa shape index (κ2) is 9.37. The Hall–Kier alpha value is -0.540. The van der Waals surface area contributed by atoms with Gasteiger partial charge in [-0.25, -0.2) is 16.8 Å². The zero-order valence-corrected chi connectivity index (χ0v) is 17.8. The van der Waals surface area contributed by atoms with Gasteiger partial charge in [0.25, 0.3) is 0 Å². The monoisotopic (exact) mass is 494 g/mol. The molecule has 3 heterocycles. The van der Waals surface area contributed by atoms with E-state index < -0.39 is 88.6 Å². The van der Waals surface area contributed by atoms with Crippen molar-refractivity contribution in [3.63, 3.8) is 0 Å². The molecule has 2 bridgehead atoms. The number of methoxy groups -OCH3 is 1. The number of aliphatic hydroxyl groups excluding tert-OH is 2. The van der Waals surface area contributed by atoms with Crippen molar-refractivity contribution in [2.75, 3.05) is 20.3 Å². The lowest BCUT2D eigenvalue weighted by Gasteiger charge is -2.45. The second-order valence-corrected chi connectivity index (χ2v) is 9.21. The van der Waals surface area contributed by atoms with Gasteiger partial charge in [0.2, 0.25) is 20.8 Å². The minimum Gasteiger partial charge on any atom is -0.726 e. The van der Waals surface area contributed by atoms with Crippen LogP contribution in [0.5, 0.6) is 0 Å². The molecule has 17 heteroatoms. The van der Waals surface area contributed by atoms with E-state index in [1.807, 2.05) is 0 Å². The van der Waals surface area contributed by atoms with E-state index in [9.17, 15) is 36.2 Å². The standard InChI is InChI=1S/C14H24O15S2/c1-5-8(16)13(25-6(3-15)9(5)28-30(17,18)19)27-10-7-4-24-11(10)12(14(23-2)26-7)29-31(20,21)22/h5-16H,3-4H2,1-2H3,(H,17,18,19)(H,20,21,22)/p-2/t5?,6?,7?,8-,9+,10-,11+,12?,13-,14-/m0/s1. The first-order chi connectivity index (χ1) is 14.3. The first kappa shape index (κ1) is 25.1. The molecule has 0 radical (unpaired) electrons. The molecule has 0 aromatic carbocycles. The smallest absolute Gasteiger partial charge is 0.218 e. The van der Waals surface area contributed by atoms with E-state index in [2.05, 4.69) is 8.37 Å². The van der Waals surface area contributed by atoms with Crippen LogP contribution in [0.15, 0.2) is 0 Å². The lowest BCUT2D eigenvalue weighted by atomic mass is 9.90. The van der Waals surface area contributed by atoms with Crippen molar-refractivity contribution in [1.82, 2.24) is 0 Å². The highest BCUT2D eigenvalue weighted by atomic mass is 32.3. The Labute approximate surface area is 178 Å². The topological polar surface area (TPSA) is 219 Å². The van der Waals surface area contributed by atoms with Gasteiger partial charge < -0.3 is 43.0 Å². The molecule has 31 heavy (non-hydrogen) atoms. The maximum Gasteiger partial charge on any atom is 0.218 e. The highest BCUT2D eigenvalue weighted by Gasteiger charge is 2.56. The Morgan fingerprint density at radius 1 is 1.00 bits per heavy atom. The fourth-order valence-corrected chi connectivity index (χ4v) is 4.86. The van der Waals surface area contributed by atoms with E-state index in [-0.39, 0.29) is 6.61 Å². The maximum absolute atomic E-state index is 11.1. The van der Waals surface area contributed by atoms with Crippen molar-refractivity contribution in [2.24, 2.45) is 5.92 Å². The molecule has 3 aliphatic heterocycles. The van der Waals surface area contributed by atoms with Gasteiger partial charge in [0.1, 0.15) is 36.6 Å². The molecule has 3 rings (SSSR count). The van der Waals surface area contributed by atoms with Crippen molar-refractivity contribution in [2.45, 2.75) is 62.2 Å². The van der Waals surface area contributed by atoms with Gasteiger partial charge in [-0.1, -0.05) is 6.92 Å². The van der Waals surface area contributed by atoms with Gasteiger partial charge in [-0.2, -0.15) is 0 Å². The normalized spacial score (nSPS) is 43.8. The van der Waals surface area contributed by atoms with Crippen LogP contribution >= 0.6 is 0 Å². The van der Waals surface area contributed by atoms with Gasteiger partial charge in [0, 0.05) is 13.0 Å². The second-order valence-electron chi connectivity index (χ2n) is 7.19. The van der Waals surface area contributed by atoms with Crippen LogP contribution in [0.1, 0.15) is 6.92 Å². The summed E-state index contributed by atoms with van der Waals surface area (Å²) in [6, 6.07) is 0. The van der Waals surface area contributed by atoms with E-state index >= 15 is 0 Å². The third kappa shape index (κ3) is 5.69. The van der Waals surface area contributed by atoms with Crippen molar-refractivity contribution in [1.29, 1.82) is 0 Å². The predicted molar refractivity (Wildman–Crippen MR) is 90.3 cm³/mol. The number of fused-ring (bicyclic) bond motifs is 2.